The maximum Gasteiger partial charge on any atom is 0.303 e. The molecule has 0 aromatic heterocycles. The lowest BCUT2D eigenvalue weighted by atomic mass is 9.98. The Morgan fingerprint density at radius 2 is 2.27 bits per heavy atom. The molecule has 1 saturated heterocycles. The zero-order valence-corrected chi connectivity index (χ0v) is 9.67. The number of likely N-dealkylation sites (tertiary alicyclic amines) is 1. The molecule has 0 aromatic rings. The third-order valence-corrected chi connectivity index (χ3v) is 2.93. The van der Waals surface area contributed by atoms with Crippen LogP contribution in [0.15, 0.2) is 11.6 Å². The Morgan fingerprint density at radius 1 is 1.53 bits per heavy atom. The molecular weight excluding hydrogens is 214 g/mol. The minimum atomic E-state index is -0.717. The molecule has 1 aliphatic rings. The minimum absolute atomic E-state index is 0.246. The van der Waals surface area contributed by atoms with Crippen LogP contribution in [0.1, 0.15) is 32.1 Å². The van der Waals surface area contributed by atoms with E-state index in [-0.39, 0.29) is 6.42 Å². The van der Waals surface area contributed by atoms with E-state index in [2.05, 4.69) is 11.5 Å². The van der Waals surface area contributed by atoms with Gasteiger partial charge in [0.1, 0.15) is 0 Å². The minimum Gasteiger partial charge on any atom is -0.481 e. The summed E-state index contributed by atoms with van der Waals surface area (Å²) in [4.78, 5) is 12.8. The quantitative estimate of drug-likeness (QED) is 0.790. The average Bonchev–Trinajstić information content (AvgIpc) is 2.15. The Bertz CT molecular complexity index is 243. The van der Waals surface area contributed by atoms with Gasteiger partial charge in [-0.25, -0.2) is 0 Å². The normalized spacial score (nSPS) is 22.6. The molecule has 1 unspecified atom stereocenters. The highest BCUT2D eigenvalue weighted by Crippen LogP contribution is 2.22. The Morgan fingerprint density at radius 3 is 2.87 bits per heavy atom. The molecule has 3 nitrogen and oxygen atoms in total. The number of carboxylic acids is 1. The third-order valence-electron chi connectivity index (χ3n) is 2.82. The molecule has 1 atom stereocenters. The van der Waals surface area contributed by atoms with Crippen LogP contribution in [0.4, 0.5) is 0 Å². The van der Waals surface area contributed by atoms with Gasteiger partial charge in [-0.1, -0.05) is 24.6 Å². The van der Waals surface area contributed by atoms with E-state index >= 15 is 0 Å². The number of carbonyl (C=O) groups is 1. The van der Waals surface area contributed by atoms with Gasteiger partial charge in [-0.05, 0) is 25.8 Å². The fourth-order valence-corrected chi connectivity index (χ4v) is 2.26. The average molecular weight is 232 g/mol. The third kappa shape index (κ3) is 4.67. The van der Waals surface area contributed by atoms with Gasteiger partial charge in [0.15, 0.2) is 0 Å². The first-order chi connectivity index (χ1) is 7.09. The molecule has 1 N–H and O–H groups in total. The van der Waals surface area contributed by atoms with Crippen molar-refractivity contribution < 1.29 is 9.90 Å². The van der Waals surface area contributed by atoms with Crippen molar-refractivity contribution in [3.8, 4) is 0 Å². The lowest BCUT2D eigenvalue weighted by Gasteiger charge is -2.35. The zero-order chi connectivity index (χ0) is 11.3. The molecular formula is C11H18ClNO2. The molecule has 0 radical (unpaired) electrons. The van der Waals surface area contributed by atoms with E-state index in [9.17, 15) is 4.79 Å². The van der Waals surface area contributed by atoms with Crippen LogP contribution in [0, 0.1) is 0 Å². The van der Waals surface area contributed by atoms with Gasteiger partial charge in [0.2, 0.25) is 0 Å². The van der Waals surface area contributed by atoms with Crippen LogP contribution < -0.4 is 0 Å². The molecule has 1 heterocycles. The Balaban J connectivity index is 2.42. The van der Waals surface area contributed by atoms with Gasteiger partial charge in [-0.15, -0.1) is 0 Å². The van der Waals surface area contributed by atoms with E-state index in [1.165, 1.54) is 12.8 Å². The van der Waals surface area contributed by atoms with E-state index < -0.39 is 5.97 Å². The fraction of sp³-hybridized carbons (Fsp3) is 0.727. The summed E-state index contributed by atoms with van der Waals surface area (Å²) in [5.74, 6) is -0.717. The second-order valence-corrected chi connectivity index (χ2v) is 4.60. The monoisotopic (exact) mass is 231 g/mol. The maximum absolute atomic E-state index is 10.5. The summed E-state index contributed by atoms with van der Waals surface area (Å²) < 4.78 is 0. The molecule has 15 heavy (non-hydrogen) atoms. The van der Waals surface area contributed by atoms with Gasteiger partial charge in [0.25, 0.3) is 0 Å². The topological polar surface area (TPSA) is 40.5 Å². The van der Waals surface area contributed by atoms with E-state index in [4.69, 9.17) is 16.7 Å². The van der Waals surface area contributed by atoms with Crippen LogP contribution in [0.2, 0.25) is 0 Å². The van der Waals surface area contributed by atoms with E-state index in [0.717, 1.165) is 19.4 Å². The second-order valence-electron chi connectivity index (χ2n) is 4.07. The first-order valence-electron chi connectivity index (χ1n) is 5.38. The zero-order valence-electron chi connectivity index (χ0n) is 8.91. The van der Waals surface area contributed by atoms with Crippen LogP contribution in [-0.4, -0.2) is 35.1 Å². The summed E-state index contributed by atoms with van der Waals surface area (Å²) in [7, 11) is 0. The largest absolute Gasteiger partial charge is 0.481 e. The van der Waals surface area contributed by atoms with E-state index in [1.807, 2.05) is 0 Å². The molecule has 0 aliphatic carbocycles. The smallest absolute Gasteiger partial charge is 0.303 e. The lowest BCUT2D eigenvalue weighted by Crippen LogP contribution is -2.40. The Hall–Kier alpha value is -0.540. The number of aliphatic carboxylic acids is 1. The summed E-state index contributed by atoms with van der Waals surface area (Å²) in [5, 5.41) is 9.29. The van der Waals surface area contributed by atoms with Crippen molar-refractivity contribution in [1.29, 1.82) is 0 Å². The maximum atomic E-state index is 10.5. The van der Waals surface area contributed by atoms with Crippen LogP contribution in [0.25, 0.3) is 0 Å². The number of nitrogens with zero attached hydrogens (tertiary/aromatic N) is 1. The number of halogens is 1. The predicted molar refractivity (Wildman–Crippen MR) is 61.1 cm³/mol. The molecule has 1 rings (SSSR count). The number of piperidine rings is 1. The molecule has 0 spiro atoms. The molecule has 0 amide bonds. The van der Waals surface area contributed by atoms with Crippen LogP contribution in [0.3, 0.4) is 0 Å². The van der Waals surface area contributed by atoms with Gasteiger partial charge in [0, 0.05) is 24.0 Å². The summed E-state index contributed by atoms with van der Waals surface area (Å²) in [6.45, 7) is 5.38. The lowest BCUT2D eigenvalue weighted by molar-refractivity contribution is -0.137. The van der Waals surface area contributed by atoms with Crippen LogP contribution in [-0.2, 0) is 4.79 Å². The molecule has 0 aromatic carbocycles. The number of rotatable bonds is 5. The summed E-state index contributed by atoms with van der Waals surface area (Å²) in [6, 6.07) is 0.366. The highest BCUT2D eigenvalue weighted by molar-refractivity contribution is 6.29. The standard InChI is InChI=1S/C11H18ClNO2/c1-9(12)8-13-7-3-2-4-10(13)5-6-11(14)15/h10H,1-8H2,(H,14,15). The van der Waals surface area contributed by atoms with Crippen LogP contribution in [0.5, 0.6) is 0 Å². The number of hydrogen-bond donors (Lipinski definition) is 1. The Labute approximate surface area is 95.7 Å². The predicted octanol–water partition coefficient (Wildman–Crippen LogP) is 2.46. The summed E-state index contributed by atoms with van der Waals surface area (Å²) in [6.07, 6.45) is 4.41. The Kier molecular flexibility index (Phi) is 5.12. The summed E-state index contributed by atoms with van der Waals surface area (Å²) in [5.41, 5.74) is 0. The van der Waals surface area contributed by atoms with E-state index in [1.54, 1.807) is 0 Å². The van der Waals surface area contributed by atoms with Crippen molar-refractivity contribution in [2.45, 2.75) is 38.1 Å². The molecule has 0 saturated carbocycles. The summed E-state index contributed by atoms with van der Waals surface area (Å²) >= 11 is 5.79. The van der Waals surface area contributed by atoms with Crippen molar-refractivity contribution >= 4 is 17.6 Å². The van der Waals surface area contributed by atoms with Crippen molar-refractivity contribution in [3.63, 3.8) is 0 Å². The second kappa shape index (κ2) is 6.13. The highest BCUT2D eigenvalue weighted by atomic mass is 35.5. The van der Waals surface area contributed by atoms with Crippen molar-refractivity contribution in [2.24, 2.45) is 0 Å². The van der Waals surface area contributed by atoms with Crippen molar-refractivity contribution in [3.05, 3.63) is 11.6 Å². The van der Waals surface area contributed by atoms with Crippen LogP contribution >= 0.6 is 11.6 Å². The first kappa shape index (κ1) is 12.5. The molecule has 86 valence electrons. The van der Waals surface area contributed by atoms with Crippen molar-refractivity contribution in [2.75, 3.05) is 13.1 Å². The van der Waals surface area contributed by atoms with Crippen molar-refractivity contribution in [1.82, 2.24) is 4.90 Å². The van der Waals surface area contributed by atoms with Gasteiger partial charge in [-0.2, -0.15) is 0 Å². The van der Waals surface area contributed by atoms with Gasteiger partial charge < -0.3 is 5.11 Å². The van der Waals surface area contributed by atoms with Gasteiger partial charge >= 0.3 is 5.97 Å². The van der Waals surface area contributed by atoms with E-state index in [0.29, 0.717) is 17.6 Å². The first-order valence-corrected chi connectivity index (χ1v) is 5.76. The van der Waals surface area contributed by atoms with Gasteiger partial charge in [-0.3, -0.25) is 9.69 Å². The van der Waals surface area contributed by atoms with Gasteiger partial charge in [0.05, 0.1) is 0 Å². The number of carboxylic acid groups (broad SMARTS) is 1. The SMILES string of the molecule is C=C(Cl)CN1CCCCC1CCC(=O)O. The number of hydrogen-bond acceptors (Lipinski definition) is 2. The molecule has 4 heteroatoms. The molecule has 1 aliphatic heterocycles. The molecule has 1 fully saturated rings. The molecule has 0 bridgehead atoms. The highest BCUT2D eigenvalue weighted by Gasteiger charge is 2.22. The fourth-order valence-electron chi connectivity index (χ4n) is 2.11.